The van der Waals surface area contributed by atoms with E-state index in [2.05, 4.69) is 4.98 Å². The first-order valence-corrected chi connectivity index (χ1v) is 6.68. The molecule has 20 heavy (non-hydrogen) atoms. The highest BCUT2D eigenvalue weighted by molar-refractivity contribution is 7.99. The molecule has 2 aromatic carbocycles. The standard InChI is InChI=1S/C14H11N3O2S/c15-12-8(13(16)18)4-3-7-11(12)20-14-17-9-5-1-2-6-10(9)19-14/h1-7H,15H2,(H2,16,18). The van der Waals surface area contributed by atoms with Gasteiger partial charge in [-0.05, 0) is 36.0 Å². The van der Waals surface area contributed by atoms with Gasteiger partial charge in [-0.1, -0.05) is 18.2 Å². The molecule has 0 aliphatic rings. The fraction of sp³-hybridized carbons (Fsp3) is 0. The highest BCUT2D eigenvalue weighted by Crippen LogP contribution is 2.34. The molecule has 0 atom stereocenters. The molecule has 0 saturated carbocycles. The van der Waals surface area contributed by atoms with Crippen molar-refractivity contribution < 1.29 is 9.21 Å². The lowest BCUT2D eigenvalue weighted by Gasteiger charge is -2.05. The monoisotopic (exact) mass is 285 g/mol. The van der Waals surface area contributed by atoms with Crippen LogP contribution in [0.4, 0.5) is 5.69 Å². The van der Waals surface area contributed by atoms with Gasteiger partial charge in [0.2, 0.25) is 0 Å². The number of primary amides is 1. The number of nitrogens with zero attached hydrogens (tertiary/aromatic N) is 1. The molecule has 0 unspecified atom stereocenters. The molecule has 100 valence electrons. The van der Waals surface area contributed by atoms with E-state index in [4.69, 9.17) is 15.9 Å². The Balaban J connectivity index is 1.98. The Hall–Kier alpha value is -2.47. The third-order valence-corrected chi connectivity index (χ3v) is 3.73. The van der Waals surface area contributed by atoms with Crippen LogP contribution >= 0.6 is 11.8 Å². The Bertz CT molecular complexity index is 765. The number of hydrogen-bond acceptors (Lipinski definition) is 5. The van der Waals surface area contributed by atoms with Crippen LogP contribution in [-0.2, 0) is 0 Å². The maximum Gasteiger partial charge on any atom is 0.261 e. The van der Waals surface area contributed by atoms with Crippen molar-refractivity contribution in [3.63, 3.8) is 0 Å². The van der Waals surface area contributed by atoms with Gasteiger partial charge in [0.15, 0.2) is 5.58 Å². The lowest BCUT2D eigenvalue weighted by Crippen LogP contribution is -2.13. The summed E-state index contributed by atoms with van der Waals surface area (Å²) in [6, 6.07) is 12.6. The number of hydrogen-bond donors (Lipinski definition) is 2. The molecule has 3 rings (SSSR count). The van der Waals surface area contributed by atoms with Gasteiger partial charge in [0.05, 0.1) is 11.3 Å². The molecule has 0 bridgehead atoms. The highest BCUT2D eigenvalue weighted by Gasteiger charge is 2.13. The summed E-state index contributed by atoms with van der Waals surface area (Å²) in [5, 5.41) is 0.472. The first-order chi connectivity index (χ1) is 9.65. The van der Waals surface area contributed by atoms with Gasteiger partial charge in [-0.15, -0.1) is 0 Å². The molecule has 3 aromatic rings. The van der Waals surface area contributed by atoms with Gasteiger partial charge in [0.25, 0.3) is 11.1 Å². The van der Waals surface area contributed by atoms with Crippen LogP contribution < -0.4 is 11.5 Å². The second-order valence-corrected chi connectivity index (χ2v) is 5.12. The Morgan fingerprint density at radius 3 is 2.70 bits per heavy atom. The number of fused-ring (bicyclic) bond motifs is 1. The summed E-state index contributed by atoms with van der Waals surface area (Å²) in [6.07, 6.45) is 0. The van der Waals surface area contributed by atoms with Crippen LogP contribution in [-0.4, -0.2) is 10.9 Å². The molecule has 4 N–H and O–H groups in total. The average Bonchev–Trinajstić information content (AvgIpc) is 2.83. The van der Waals surface area contributed by atoms with Crippen LogP contribution in [0.5, 0.6) is 0 Å². The molecule has 1 amide bonds. The van der Waals surface area contributed by atoms with Crippen molar-refractivity contribution in [1.82, 2.24) is 4.98 Å². The molecule has 5 nitrogen and oxygen atoms in total. The van der Waals surface area contributed by atoms with E-state index in [-0.39, 0.29) is 0 Å². The van der Waals surface area contributed by atoms with Crippen LogP contribution in [0.2, 0.25) is 0 Å². The Labute approximate surface area is 119 Å². The maximum absolute atomic E-state index is 11.3. The normalized spacial score (nSPS) is 10.8. The Morgan fingerprint density at radius 1 is 1.15 bits per heavy atom. The lowest BCUT2D eigenvalue weighted by atomic mass is 10.2. The van der Waals surface area contributed by atoms with Crippen molar-refractivity contribution in [1.29, 1.82) is 0 Å². The molecule has 0 aliphatic heterocycles. The second kappa shape index (κ2) is 4.90. The number of carbonyl (C=O) groups excluding carboxylic acids is 1. The molecule has 6 heteroatoms. The van der Waals surface area contributed by atoms with Gasteiger partial charge in [-0.25, -0.2) is 4.98 Å². The van der Waals surface area contributed by atoms with Crippen molar-refractivity contribution in [2.45, 2.75) is 10.1 Å². The van der Waals surface area contributed by atoms with E-state index in [0.29, 0.717) is 27.0 Å². The summed E-state index contributed by atoms with van der Waals surface area (Å²) in [6.45, 7) is 0. The number of amides is 1. The summed E-state index contributed by atoms with van der Waals surface area (Å²) in [5.74, 6) is -0.553. The SMILES string of the molecule is NC(=O)c1cccc(Sc2nc3ccccc3o2)c1N. The summed E-state index contributed by atoms with van der Waals surface area (Å²) in [5.41, 5.74) is 13.3. The fourth-order valence-corrected chi connectivity index (χ4v) is 2.67. The number of para-hydroxylation sites is 3. The fourth-order valence-electron chi connectivity index (χ4n) is 1.84. The van der Waals surface area contributed by atoms with E-state index in [1.54, 1.807) is 18.2 Å². The third kappa shape index (κ3) is 2.21. The van der Waals surface area contributed by atoms with E-state index in [0.717, 1.165) is 5.52 Å². The molecule has 0 aliphatic carbocycles. The molecule has 1 heterocycles. The lowest BCUT2D eigenvalue weighted by molar-refractivity contribution is 0.100. The zero-order valence-corrected chi connectivity index (χ0v) is 11.2. The van der Waals surface area contributed by atoms with Crippen LogP contribution in [0.25, 0.3) is 11.1 Å². The Kier molecular flexibility index (Phi) is 3.08. The van der Waals surface area contributed by atoms with Gasteiger partial charge in [0, 0.05) is 4.90 Å². The Morgan fingerprint density at radius 2 is 1.95 bits per heavy atom. The molecule has 0 radical (unpaired) electrons. The van der Waals surface area contributed by atoms with Crippen LogP contribution in [0, 0.1) is 0 Å². The molecular formula is C14H11N3O2S. The second-order valence-electron chi connectivity index (χ2n) is 4.13. The number of oxazole rings is 1. The van der Waals surface area contributed by atoms with Crippen LogP contribution in [0.3, 0.4) is 0 Å². The number of nitrogens with two attached hydrogens (primary N) is 2. The minimum atomic E-state index is -0.553. The van der Waals surface area contributed by atoms with E-state index in [1.165, 1.54) is 11.8 Å². The number of anilines is 1. The van der Waals surface area contributed by atoms with Crippen molar-refractivity contribution in [3.05, 3.63) is 48.0 Å². The van der Waals surface area contributed by atoms with Gasteiger partial charge >= 0.3 is 0 Å². The molecule has 1 aromatic heterocycles. The van der Waals surface area contributed by atoms with Crippen LogP contribution in [0.1, 0.15) is 10.4 Å². The topological polar surface area (TPSA) is 95.1 Å². The van der Waals surface area contributed by atoms with Gasteiger partial charge in [-0.2, -0.15) is 0 Å². The third-order valence-electron chi connectivity index (χ3n) is 2.80. The smallest absolute Gasteiger partial charge is 0.261 e. The van der Waals surface area contributed by atoms with Crippen molar-refractivity contribution in [3.8, 4) is 0 Å². The number of aromatic nitrogens is 1. The van der Waals surface area contributed by atoms with Crippen molar-refractivity contribution in [2.24, 2.45) is 5.73 Å². The van der Waals surface area contributed by atoms with Crippen molar-refractivity contribution >= 4 is 34.5 Å². The van der Waals surface area contributed by atoms with E-state index in [1.807, 2.05) is 24.3 Å². The summed E-state index contributed by atoms with van der Waals surface area (Å²) < 4.78 is 5.61. The van der Waals surface area contributed by atoms with Crippen molar-refractivity contribution in [2.75, 3.05) is 5.73 Å². The summed E-state index contributed by atoms with van der Waals surface area (Å²) in [4.78, 5) is 16.3. The zero-order chi connectivity index (χ0) is 14.1. The number of nitrogen functional groups attached to an aromatic ring is 1. The summed E-state index contributed by atoms with van der Waals surface area (Å²) in [7, 11) is 0. The van der Waals surface area contributed by atoms with E-state index in [9.17, 15) is 4.79 Å². The van der Waals surface area contributed by atoms with E-state index < -0.39 is 5.91 Å². The molecule has 0 spiro atoms. The van der Waals surface area contributed by atoms with E-state index >= 15 is 0 Å². The molecule has 0 fully saturated rings. The predicted molar refractivity (Wildman–Crippen MR) is 77.5 cm³/mol. The molecule has 0 saturated heterocycles. The first kappa shape index (κ1) is 12.6. The minimum absolute atomic E-state index is 0.297. The number of benzene rings is 2. The van der Waals surface area contributed by atoms with Crippen LogP contribution in [0.15, 0.2) is 57.0 Å². The van der Waals surface area contributed by atoms with Gasteiger partial charge in [0.1, 0.15) is 5.52 Å². The number of rotatable bonds is 3. The summed E-state index contributed by atoms with van der Waals surface area (Å²) >= 11 is 1.26. The van der Waals surface area contributed by atoms with Gasteiger partial charge < -0.3 is 15.9 Å². The minimum Gasteiger partial charge on any atom is -0.431 e. The number of carbonyl (C=O) groups is 1. The largest absolute Gasteiger partial charge is 0.431 e. The highest BCUT2D eigenvalue weighted by atomic mass is 32.2. The average molecular weight is 285 g/mol. The first-order valence-electron chi connectivity index (χ1n) is 5.87. The van der Waals surface area contributed by atoms with Gasteiger partial charge in [-0.3, -0.25) is 4.79 Å². The quantitative estimate of drug-likeness (QED) is 0.721. The predicted octanol–water partition coefficient (Wildman–Crippen LogP) is 2.66. The maximum atomic E-state index is 11.3. The zero-order valence-electron chi connectivity index (χ0n) is 10.4. The molecular weight excluding hydrogens is 274 g/mol.